The van der Waals surface area contributed by atoms with Crippen LogP contribution in [-0.4, -0.2) is 29.1 Å². The Bertz CT molecular complexity index is 171. The SMILES string of the molecule is COC(OC)OS(N)(=O)=O. The van der Waals surface area contributed by atoms with E-state index >= 15 is 0 Å². The average Bonchev–Trinajstić information content (AvgIpc) is 1.81. The van der Waals surface area contributed by atoms with Crippen molar-refractivity contribution in [2.24, 2.45) is 5.14 Å². The molecule has 0 aliphatic carbocycles. The van der Waals surface area contributed by atoms with Crippen LogP contribution in [0.1, 0.15) is 0 Å². The van der Waals surface area contributed by atoms with Crippen LogP contribution < -0.4 is 5.14 Å². The van der Waals surface area contributed by atoms with Gasteiger partial charge in [-0.05, 0) is 0 Å². The van der Waals surface area contributed by atoms with Crippen molar-refractivity contribution in [1.82, 2.24) is 0 Å². The lowest BCUT2D eigenvalue weighted by Gasteiger charge is -2.10. The van der Waals surface area contributed by atoms with Gasteiger partial charge in [-0.25, -0.2) is 5.14 Å². The van der Waals surface area contributed by atoms with Gasteiger partial charge in [-0.15, -0.1) is 0 Å². The third-order valence-electron chi connectivity index (χ3n) is 0.598. The van der Waals surface area contributed by atoms with Gasteiger partial charge in [-0.3, -0.25) is 0 Å². The Hall–Kier alpha value is -0.210. The van der Waals surface area contributed by atoms with Crippen molar-refractivity contribution in [2.45, 2.75) is 6.48 Å². The number of hydrogen-bond donors (Lipinski definition) is 1. The van der Waals surface area contributed by atoms with E-state index in [1.807, 2.05) is 0 Å². The van der Waals surface area contributed by atoms with Gasteiger partial charge >= 0.3 is 10.3 Å². The van der Waals surface area contributed by atoms with Gasteiger partial charge in [-0.2, -0.15) is 12.6 Å². The normalized spacial score (nSPS) is 12.4. The molecule has 0 rings (SSSR count). The maximum atomic E-state index is 10.2. The third kappa shape index (κ3) is 4.65. The molecular formula is C3H9NO5S. The Morgan fingerprint density at radius 3 is 1.80 bits per heavy atom. The van der Waals surface area contributed by atoms with Crippen LogP contribution in [0.25, 0.3) is 0 Å². The van der Waals surface area contributed by atoms with Crippen LogP contribution in [0, 0.1) is 0 Å². The van der Waals surface area contributed by atoms with E-state index in [0.29, 0.717) is 0 Å². The van der Waals surface area contributed by atoms with E-state index in [0.717, 1.165) is 0 Å². The van der Waals surface area contributed by atoms with Crippen LogP contribution in [0.15, 0.2) is 0 Å². The first-order valence-electron chi connectivity index (χ1n) is 2.26. The first-order chi connectivity index (χ1) is 4.49. The molecule has 0 spiro atoms. The highest BCUT2D eigenvalue weighted by molar-refractivity contribution is 7.84. The summed E-state index contributed by atoms with van der Waals surface area (Å²) in [5.41, 5.74) is 0. The minimum atomic E-state index is -4.00. The van der Waals surface area contributed by atoms with Crippen molar-refractivity contribution in [2.75, 3.05) is 14.2 Å². The second-order valence-electron chi connectivity index (χ2n) is 1.35. The maximum Gasteiger partial charge on any atom is 0.337 e. The molecule has 0 fully saturated rings. The maximum absolute atomic E-state index is 10.2. The smallest absolute Gasteiger partial charge is 0.332 e. The highest BCUT2D eigenvalue weighted by atomic mass is 32.2. The van der Waals surface area contributed by atoms with E-state index in [4.69, 9.17) is 0 Å². The predicted molar refractivity (Wildman–Crippen MR) is 32.0 cm³/mol. The van der Waals surface area contributed by atoms with E-state index in [9.17, 15) is 8.42 Å². The van der Waals surface area contributed by atoms with Gasteiger partial charge in [-0.1, -0.05) is 0 Å². The fourth-order valence-corrected chi connectivity index (χ4v) is 0.660. The molecular weight excluding hydrogens is 162 g/mol. The number of rotatable bonds is 4. The molecule has 0 aliphatic rings. The largest absolute Gasteiger partial charge is 0.337 e. The number of nitrogens with two attached hydrogens (primary N) is 1. The molecule has 0 saturated carbocycles. The molecule has 7 heteroatoms. The first-order valence-corrected chi connectivity index (χ1v) is 3.73. The Labute approximate surface area is 59.1 Å². The van der Waals surface area contributed by atoms with E-state index < -0.39 is 16.8 Å². The molecule has 0 aromatic rings. The Balaban J connectivity index is 3.87. The summed E-state index contributed by atoms with van der Waals surface area (Å²) >= 11 is 0. The van der Waals surface area contributed by atoms with Crippen LogP contribution in [0.2, 0.25) is 0 Å². The minimum Gasteiger partial charge on any atom is -0.332 e. The van der Waals surface area contributed by atoms with Gasteiger partial charge in [0, 0.05) is 14.2 Å². The van der Waals surface area contributed by atoms with Crippen LogP contribution in [0.3, 0.4) is 0 Å². The first kappa shape index (κ1) is 9.79. The highest BCUT2D eigenvalue weighted by Gasteiger charge is 2.12. The van der Waals surface area contributed by atoms with Crippen molar-refractivity contribution in [3.05, 3.63) is 0 Å². The van der Waals surface area contributed by atoms with Gasteiger partial charge in [0.05, 0.1) is 0 Å². The molecule has 0 saturated heterocycles. The lowest BCUT2D eigenvalue weighted by molar-refractivity contribution is -0.216. The van der Waals surface area contributed by atoms with Gasteiger partial charge < -0.3 is 9.47 Å². The summed E-state index contributed by atoms with van der Waals surface area (Å²) in [6.07, 6.45) is 0. The minimum absolute atomic E-state index is 1.22. The van der Waals surface area contributed by atoms with Crippen molar-refractivity contribution in [3.63, 3.8) is 0 Å². The lowest BCUT2D eigenvalue weighted by Crippen LogP contribution is -2.26. The molecule has 62 valence electrons. The van der Waals surface area contributed by atoms with Crippen molar-refractivity contribution >= 4 is 10.3 Å². The van der Waals surface area contributed by atoms with Crippen LogP contribution >= 0.6 is 0 Å². The topological polar surface area (TPSA) is 87.8 Å². The summed E-state index contributed by atoms with van der Waals surface area (Å²) in [5.74, 6) is 0. The lowest BCUT2D eigenvalue weighted by atomic mass is 11.2. The molecule has 0 radical (unpaired) electrons. The van der Waals surface area contributed by atoms with Gasteiger partial charge in [0.25, 0.3) is 6.48 Å². The van der Waals surface area contributed by atoms with Crippen LogP contribution in [0.4, 0.5) is 0 Å². The molecule has 0 amide bonds. The van der Waals surface area contributed by atoms with Crippen molar-refractivity contribution in [1.29, 1.82) is 0 Å². The zero-order valence-electron chi connectivity index (χ0n) is 5.60. The Morgan fingerprint density at radius 1 is 1.30 bits per heavy atom. The summed E-state index contributed by atoms with van der Waals surface area (Å²) in [6, 6.07) is 0. The predicted octanol–water partition coefficient (Wildman–Crippen LogP) is -1.22. The average molecular weight is 171 g/mol. The Kier molecular flexibility index (Phi) is 3.76. The second-order valence-corrected chi connectivity index (χ2v) is 2.53. The number of hydrogen-bond acceptors (Lipinski definition) is 5. The molecule has 0 atom stereocenters. The van der Waals surface area contributed by atoms with Gasteiger partial charge in [0.15, 0.2) is 0 Å². The van der Waals surface area contributed by atoms with E-state index in [1.165, 1.54) is 14.2 Å². The quantitative estimate of drug-likeness (QED) is 0.536. The molecule has 0 aliphatic heterocycles. The monoisotopic (exact) mass is 171 g/mol. The molecule has 0 unspecified atom stereocenters. The molecule has 0 aromatic carbocycles. The summed E-state index contributed by atoms with van der Waals surface area (Å²) in [7, 11) is -1.55. The van der Waals surface area contributed by atoms with Gasteiger partial charge in [0.2, 0.25) is 0 Å². The van der Waals surface area contributed by atoms with Crippen molar-refractivity contribution < 1.29 is 22.1 Å². The molecule has 0 heterocycles. The summed E-state index contributed by atoms with van der Waals surface area (Å²) in [6.45, 7) is -1.27. The highest BCUT2D eigenvalue weighted by Crippen LogP contribution is 1.95. The van der Waals surface area contributed by atoms with Gasteiger partial charge in [0.1, 0.15) is 0 Å². The molecule has 10 heavy (non-hydrogen) atoms. The van der Waals surface area contributed by atoms with Crippen molar-refractivity contribution in [3.8, 4) is 0 Å². The molecule has 0 bridgehead atoms. The standard InChI is InChI=1S/C3H9NO5S/c1-7-3(8-2)9-10(4,5)6/h3H,1-2H3,(H2,4,5,6). The van der Waals surface area contributed by atoms with Crippen LogP contribution in [0.5, 0.6) is 0 Å². The zero-order valence-corrected chi connectivity index (χ0v) is 6.42. The molecule has 0 aromatic heterocycles. The van der Waals surface area contributed by atoms with E-state index in [2.05, 4.69) is 18.8 Å². The van der Waals surface area contributed by atoms with E-state index in [1.54, 1.807) is 0 Å². The third-order valence-corrected chi connectivity index (χ3v) is 1.02. The van der Waals surface area contributed by atoms with Crippen LogP contribution in [-0.2, 0) is 24.0 Å². The Morgan fingerprint density at radius 2 is 1.70 bits per heavy atom. The fraction of sp³-hybridized carbons (Fsp3) is 1.00. The second kappa shape index (κ2) is 3.84. The zero-order chi connectivity index (χ0) is 8.20. The fourth-order valence-electron chi connectivity index (χ4n) is 0.284. The number of methoxy groups -OCH3 is 2. The van der Waals surface area contributed by atoms with E-state index in [-0.39, 0.29) is 0 Å². The number of ether oxygens (including phenoxy) is 2. The molecule has 6 nitrogen and oxygen atoms in total. The summed E-state index contributed by atoms with van der Waals surface area (Å²) in [4.78, 5) is 0. The summed E-state index contributed by atoms with van der Waals surface area (Å²) in [5, 5.41) is 4.48. The molecule has 2 N–H and O–H groups in total. The summed E-state index contributed by atoms with van der Waals surface area (Å²) < 4.78 is 33.1.